The Morgan fingerprint density at radius 3 is 3.14 bits per heavy atom. The Morgan fingerprint density at radius 1 is 1.52 bits per heavy atom. The number of aromatic nitrogens is 2. The van der Waals surface area contributed by atoms with Crippen molar-refractivity contribution in [3.63, 3.8) is 0 Å². The van der Waals surface area contributed by atoms with Crippen LogP contribution in [0.1, 0.15) is 17.3 Å². The number of ether oxygens (including phenoxy) is 1. The summed E-state index contributed by atoms with van der Waals surface area (Å²) in [5, 5.41) is 0. The number of fused-ring (bicyclic) bond motifs is 1. The molecule has 21 heavy (non-hydrogen) atoms. The molecule has 3 N–H and O–H groups in total. The largest absolute Gasteiger partial charge is 0.497 e. The molecule has 0 spiro atoms. The number of aromatic amines is 1. The van der Waals surface area contributed by atoms with Crippen LogP contribution in [0.5, 0.6) is 5.75 Å². The van der Waals surface area contributed by atoms with Crippen molar-refractivity contribution in [2.24, 2.45) is 5.73 Å². The number of nitrogens with two attached hydrogens (primary N) is 1. The number of methoxy groups -OCH3 is 1. The van der Waals surface area contributed by atoms with Crippen LogP contribution < -0.4 is 10.5 Å². The second-order valence-corrected chi connectivity index (χ2v) is 6.62. The van der Waals surface area contributed by atoms with Gasteiger partial charge in [0.2, 0.25) is 0 Å². The van der Waals surface area contributed by atoms with Crippen LogP contribution in [-0.4, -0.2) is 29.0 Å². The SMILES string of the molecule is COc1ccc2c(c1)C[C@@H](n1cc(CCN)[nH]c1=S)CS2. The van der Waals surface area contributed by atoms with Gasteiger partial charge in [-0.3, -0.25) is 0 Å². The van der Waals surface area contributed by atoms with Crippen molar-refractivity contribution in [2.75, 3.05) is 19.4 Å². The number of hydrogen-bond donors (Lipinski definition) is 2. The Morgan fingerprint density at radius 2 is 2.38 bits per heavy atom. The fraction of sp³-hybridized carbons (Fsp3) is 0.400. The van der Waals surface area contributed by atoms with E-state index in [1.54, 1.807) is 7.11 Å². The zero-order valence-electron chi connectivity index (χ0n) is 12.0. The van der Waals surface area contributed by atoms with Gasteiger partial charge in [-0.1, -0.05) is 0 Å². The van der Waals surface area contributed by atoms with Gasteiger partial charge in [0.1, 0.15) is 5.75 Å². The zero-order valence-corrected chi connectivity index (χ0v) is 13.6. The molecule has 0 amide bonds. The highest BCUT2D eigenvalue weighted by Gasteiger charge is 2.22. The second kappa shape index (κ2) is 6.25. The number of nitrogens with one attached hydrogen (secondary N) is 1. The van der Waals surface area contributed by atoms with Crippen LogP contribution in [0.2, 0.25) is 0 Å². The van der Waals surface area contributed by atoms with Crippen molar-refractivity contribution >= 4 is 24.0 Å². The lowest BCUT2D eigenvalue weighted by Gasteiger charge is -2.25. The molecule has 1 aliphatic heterocycles. The molecule has 2 aromatic rings. The second-order valence-electron chi connectivity index (χ2n) is 5.17. The van der Waals surface area contributed by atoms with Crippen LogP contribution in [-0.2, 0) is 12.8 Å². The fourth-order valence-corrected chi connectivity index (χ4v) is 4.15. The van der Waals surface area contributed by atoms with Crippen molar-refractivity contribution in [3.05, 3.63) is 40.4 Å². The first kappa shape index (κ1) is 14.7. The molecule has 4 nitrogen and oxygen atoms in total. The van der Waals surface area contributed by atoms with Crippen molar-refractivity contribution < 1.29 is 4.74 Å². The molecule has 1 aliphatic rings. The Bertz CT molecular complexity index is 692. The Kier molecular flexibility index (Phi) is 4.37. The third-order valence-electron chi connectivity index (χ3n) is 3.76. The minimum absolute atomic E-state index is 0.380. The van der Waals surface area contributed by atoms with E-state index in [0.29, 0.717) is 12.6 Å². The van der Waals surface area contributed by atoms with Crippen LogP contribution in [0.3, 0.4) is 0 Å². The molecule has 112 valence electrons. The maximum Gasteiger partial charge on any atom is 0.177 e. The summed E-state index contributed by atoms with van der Waals surface area (Å²) in [5.41, 5.74) is 8.06. The molecular formula is C15H19N3OS2. The number of nitrogens with zero attached hydrogens (tertiary/aromatic N) is 1. The average Bonchev–Trinajstić information content (AvgIpc) is 2.87. The van der Waals surface area contributed by atoms with Crippen LogP contribution in [0.4, 0.5) is 0 Å². The van der Waals surface area contributed by atoms with E-state index in [1.807, 2.05) is 17.8 Å². The summed E-state index contributed by atoms with van der Waals surface area (Å²) in [6.07, 6.45) is 3.93. The summed E-state index contributed by atoms with van der Waals surface area (Å²) in [6.45, 7) is 0.634. The quantitative estimate of drug-likeness (QED) is 0.850. The molecule has 2 heterocycles. The van der Waals surface area contributed by atoms with E-state index >= 15 is 0 Å². The molecule has 0 radical (unpaired) electrons. The Balaban J connectivity index is 1.87. The molecule has 6 heteroatoms. The van der Waals surface area contributed by atoms with Gasteiger partial charge in [0, 0.05) is 35.0 Å². The Hall–Kier alpha value is -1.24. The highest BCUT2D eigenvalue weighted by molar-refractivity contribution is 7.99. The fourth-order valence-electron chi connectivity index (χ4n) is 2.67. The number of hydrogen-bond acceptors (Lipinski definition) is 4. The molecular weight excluding hydrogens is 302 g/mol. The lowest BCUT2D eigenvalue weighted by molar-refractivity contribution is 0.413. The van der Waals surface area contributed by atoms with Gasteiger partial charge in [-0.15, -0.1) is 11.8 Å². The van der Waals surface area contributed by atoms with E-state index in [9.17, 15) is 0 Å². The summed E-state index contributed by atoms with van der Waals surface area (Å²) >= 11 is 7.33. The van der Waals surface area contributed by atoms with Crippen molar-refractivity contribution in [1.82, 2.24) is 9.55 Å². The van der Waals surface area contributed by atoms with E-state index < -0.39 is 0 Å². The van der Waals surface area contributed by atoms with Gasteiger partial charge in [0.15, 0.2) is 4.77 Å². The third kappa shape index (κ3) is 3.02. The van der Waals surface area contributed by atoms with E-state index in [2.05, 4.69) is 27.9 Å². The van der Waals surface area contributed by atoms with Crippen LogP contribution in [0.25, 0.3) is 0 Å². The molecule has 1 aromatic carbocycles. The first-order chi connectivity index (χ1) is 10.2. The minimum Gasteiger partial charge on any atom is -0.497 e. The standard InChI is InChI=1S/C15H19N3OS2/c1-19-13-2-3-14-10(7-13)6-12(9-21-14)18-8-11(4-5-16)17-15(18)20/h2-3,7-8,12H,4-6,9,16H2,1H3,(H,17,20)/t12-/m1/s1. The summed E-state index contributed by atoms with van der Waals surface area (Å²) < 4.78 is 8.29. The highest BCUT2D eigenvalue weighted by Crippen LogP contribution is 2.37. The maximum atomic E-state index is 5.61. The van der Waals surface area contributed by atoms with Crippen molar-refractivity contribution in [2.45, 2.75) is 23.8 Å². The number of imidazole rings is 1. The summed E-state index contributed by atoms with van der Waals surface area (Å²) in [6, 6.07) is 6.68. The van der Waals surface area contributed by atoms with E-state index in [1.165, 1.54) is 10.5 Å². The smallest absolute Gasteiger partial charge is 0.177 e. The average molecular weight is 321 g/mol. The minimum atomic E-state index is 0.380. The monoisotopic (exact) mass is 321 g/mol. The zero-order chi connectivity index (χ0) is 14.8. The molecule has 0 saturated heterocycles. The summed E-state index contributed by atoms with van der Waals surface area (Å²) in [4.78, 5) is 4.60. The number of benzene rings is 1. The summed E-state index contributed by atoms with van der Waals surface area (Å²) in [5.74, 6) is 1.95. The molecule has 1 aromatic heterocycles. The van der Waals surface area contributed by atoms with Crippen molar-refractivity contribution in [1.29, 1.82) is 0 Å². The first-order valence-corrected chi connectivity index (χ1v) is 8.40. The maximum absolute atomic E-state index is 5.61. The molecule has 1 atom stereocenters. The predicted octanol–water partition coefficient (Wildman–Crippen LogP) is 2.94. The van der Waals surface area contributed by atoms with Gasteiger partial charge in [0.25, 0.3) is 0 Å². The molecule has 0 saturated carbocycles. The van der Waals surface area contributed by atoms with Gasteiger partial charge in [-0.25, -0.2) is 0 Å². The molecule has 0 fully saturated rings. The van der Waals surface area contributed by atoms with Crippen LogP contribution in [0, 0.1) is 4.77 Å². The third-order valence-corrected chi connectivity index (χ3v) is 5.33. The lowest BCUT2D eigenvalue weighted by Crippen LogP contribution is -2.18. The topological polar surface area (TPSA) is 56.0 Å². The predicted molar refractivity (Wildman–Crippen MR) is 88.8 cm³/mol. The molecule has 3 rings (SSSR count). The lowest BCUT2D eigenvalue weighted by atomic mass is 10.1. The number of H-pyrrole nitrogens is 1. The normalized spacial score (nSPS) is 17.5. The van der Waals surface area contributed by atoms with Gasteiger partial charge >= 0.3 is 0 Å². The van der Waals surface area contributed by atoms with Crippen molar-refractivity contribution in [3.8, 4) is 5.75 Å². The van der Waals surface area contributed by atoms with Gasteiger partial charge in [0.05, 0.1) is 7.11 Å². The molecule has 0 unspecified atom stereocenters. The first-order valence-electron chi connectivity index (χ1n) is 7.01. The summed E-state index contributed by atoms with van der Waals surface area (Å²) in [7, 11) is 1.70. The molecule has 0 bridgehead atoms. The van der Waals surface area contributed by atoms with Gasteiger partial charge < -0.3 is 20.0 Å². The van der Waals surface area contributed by atoms with Crippen LogP contribution >= 0.6 is 24.0 Å². The van der Waals surface area contributed by atoms with Gasteiger partial charge in [-0.05, 0) is 48.9 Å². The number of thioether (sulfide) groups is 1. The van der Waals surface area contributed by atoms with Gasteiger partial charge in [-0.2, -0.15) is 0 Å². The molecule has 0 aliphatic carbocycles. The van der Waals surface area contributed by atoms with E-state index in [-0.39, 0.29) is 0 Å². The van der Waals surface area contributed by atoms with E-state index in [0.717, 1.165) is 34.8 Å². The van der Waals surface area contributed by atoms with E-state index in [4.69, 9.17) is 22.7 Å². The Labute approximate surface area is 133 Å². The number of rotatable bonds is 4. The highest BCUT2D eigenvalue weighted by atomic mass is 32.2. The van der Waals surface area contributed by atoms with Crippen LogP contribution in [0.15, 0.2) is 29.3 Å².